The third-order valence-electron chi connectivity index (χ3n) is 2.34. The van der Waals surface area contributed by atoms with Crippen molar-refractivity contribution in [3.05, 3.63) is 35.6 Å². The van der Waals surface area contributed by atoms with Crippen molar-refractivity contribution in [2.45, 2.75) is 32.7 Å². The van der Waals surface area contributed by atoms with Gasteiger partial charge in [0.25, 0.3) is 0 Å². The first kappa shape index (κ1) is 11.7. The second-order valence-corrected chi connectivity index (χ2v) is 3.43. The predicted molar refractivity (Wildman–Crippen MR) is 57.9 cm³/mol. The SMILES string of the molecule is CCC(=O)NC(CC)c1ccc(F)cc1. The van der Waals surface area contributed by atoms with Crippen LogP contribution in [0.1, 0.15) is 38.3 Å². The zero-order valence-electron chi connectivity index (χ0n) is 9.09. The van der Waals surface area contributed by atoms with Crippen LogP contribution >= 0.6 is 0 Å². The predicted octanol–water partition coefficient (Wildman–Crippen LogP) is 2.80. The van der Waals surface area contributed by atoms with E-state index in [0.29, 0.717) is 6.42 Å². The van der Waals surface area contributed by atoms with Gasteiger partial charge in [0, 0.05) is 6.42 Å². The molecule has 0 radical (unpaired) electrons. The average Bonchev–Trinajstić information content (AvgIpc) is 2.27. The Balaban J connectivity index is 2.74. The molecule has 3 heteroatoms. The second kappa shape index (κ2) is 5.49. The van der Waals surface area contributed by atoms with Gasteiger partial charge in [-0.25, -0.2) is 4.39 Å². The highest BCUT2D eigenvalue weighted by molar-refractivity contribution is 5.76. The average molecular weight is 209 g/mol. The van der Waals surface area contributed by atoms with E-state index in [9.17, 15) is 9.18 Å². The minimum absolute atomic E-state index is 0.0157. The summed E-state index contributed by atoms with van der Waals surface area (Å²) in [5, 5.41) is 2.89. The summed E-state index contributed by atoms with van der Waals surface area (Å²) in [5.74, 6) is -0.235. The van der Waals surface area contributed by atoms with Gasteiger partial charge in [0.15, 0.2) is 0 Å². The molecule has 15 heavy (non-hydrogen) atoms. The number of halogens is 1. The lowest BCUT2D eigenvalue weighted by molar-refractivity contribution is -0.121. The first-order valence-electron chi connectivity index (χ1n) is 5.22. The van der Waals surface area contributed by atoms with Crippen LogP contribution in [0, 0.1) is 5.82 Å². The Bertz CT molecular complexity index is 321. The van der Waals surface area contributed by atoms with E-state index in [4.69, 9.17) is 0 Å². The van der Waals surface area contributed by atoms with Crippen LogP contribution in [-0.4, -0.2) is 5.91 Å². The monoisotopic (exact) mass is 209 g/mol. The molecule has 0 aliphatic heterocycles. The molecule has 0 bridgehead atoms. The first-order valence-corrected chi connectivity index (χ1v) is 5.22. The molecule has 0 heterocycles. The lowest BCUT2D eigenvalue weighted by Gasteiger charge is -2.16. The summed E-state index contributed by atoms with van der Waals surface area (Å²) in [6.45, 7) is 3.80. The maximum absolute atomic E-state index is 12.7. The van der Waals surface area contributed by atoms with Gasteiger partial charge >= 0.3 is 0 Å². The lowest BCUT2D eigenvalue weighted by atomic mass is 10.0. The number of nitrogens with one attached hydrogen (secondary N) is 1. The standard InChI is InChI=1S/C12H16FNO/c1-3-11(14-12(15)4-2)9-5-7-10(13)8-6-9/h5-8,11H,3-4H2,1-2H3,(H,14,15). The van der Waals surface area contributed by atoms with Crippen molar-refractivity contribution >= 4 is 5.91 Å². The van der Waals surface area contributed by atoms with Gasteiger partial charge in [-0.15, -0.1) is 0 Å². The van der Waals surface area contributed by atoms with E-state index in [-0.39, 0.29) is 17.8 Å². The van der Waals surface area contributed by atoms with E-state index >= 15 is 0 Å². The van der Waals surface area contributed by atoms with E-state index in [1.807, 2.05) is 13.8 Å². The third-order valence-corrected chi connectivity index (χ3v) is 2.34. The molecule has 1 amide bonds. The quantitative estimate of drug-likeness (QED) is 0.811. The molecule has 0 aliphatic carbocycles. The molecule has 1 aromatic rings. The van der Waals surface area contributed by atoms with Gasteiger partial charge in [-0.3, -0.25) is 4.79 Å². The Labute approximate surface area is 89.5 Å². The molecular weight excluding hydrogens is 193 g/mol. The fourth-order valence-electron chi connectivity index (χ4n) is 1.41. The number of amides is 1. The molecule has 1 rings (SSSR count). The van der Waals surface area contributed by atoms with E-state index in [2.05, 4.69) is 5.32 Å². The number of carbonyl (C=O) groups is 1. The molecule has 0 fully saturated rings. The molecule has 82 valence electrons. The maximum atomic E-state index is 12.7. The van der Waals surface area contributed by atoms with Crippen LogP contribution < -0.4 is 5.32 Å². The van der Waals surface area contributed by atoms with Crippen LogP contribution in [0.2, 0.25) is 0 Å². The van der Waals surface area contributed by atoms with Crippen molar-refractivity contribution in [3.8, 4) is 0 Å². The first-order chi connectivity index (χ1) is 7.17. The summed E-state index contributed by atoms with van der Waals surface area (Å²) >= 11 is 0. The van der Waals surface area contributed by atoms with Gasteiger partial charge in [-0.05, 0) is 24.1 Å². The molecule has 0 saturated carbocycles. The van der Waals surface area contributed by atoms with Crippen molar-refractivity contribution in [2.24, 2.45) is 0 Å². The van der Waals surface area contributed by atoms with Crippen molar-refractivity contribution in [1.29, 1.82) is 0 Å². The van der Waals surface area contributed by atoms with Gasteiger partial charge in [0.05, 0.1) is 6.04 Å². The Kier molecular flexibility index (Phi) is 4.28. The van der Waals surface area contributed by atoms with Crippen LogP contribution in [0.3, 0.4) is 0 Å². The molecule has 1 N–H and O–H groups in total. The van der Waals surface area contributed by atoms with Gasteiger partial charge in [0.1, 0.15) is 5.82 Å². The minimum Gasteiger partial charge on any atom is -0.349 e. The molecule has 0 spiro atoms. The molecule has 0 saturated heterocycles. The maximum Gasteiger partial charge on any atom is 0.220 e. The lowest BCUT2D eigenvalue weighted by Crippen LogP contribution is -2.27. The van der Waals surface area contributed by atoms with Crippen molar-refractivity contribution in [2.75, 3.05) is 0 Å². The fraction of sp³-hybridized carbons (Fsp3) is 0.417. The van der Waals surface area contributed by atoms with E-state index in [1.165, 1.54) is 12.1 Å². The van der Waals surface area contributed by atoms with Gasteiger partial charge < -0.3 is 5.32 Å². The summed E-state index contributed by atoms with van der Waals surface area (Å²) in [6, 6.07) is 6.23. The molecule has 2 nitrogen and oxygen atoms in total. The zero-order chi connectivity index (χ0) is 11.3. The summed E-state index contributed by atoms with van der Waals surface area (Å²) < 4.78 is 12.7. The highest BCUT2D eigenvalue weighted by Crippen LogP contribution is 2.16. The van der Waals surface area contributed by atoms with Crippen LogP contribution in [0.15, 0.2) is 24.3 Å². The second-order valence-electron chi connectivity index (χ2n) is 3.43. The molecule has 1 aromatic carbocycles. The number of carbonyl (C=O) groups excluding carboxylic acids is 1. The Hall–Kier alpha value is -1.38. The van der Waals surface area contributed by atoms with E-state index in [1.54, 1.807) is 12.1 Å². The van der Waals surface area contributed by atoms with Crippen molar-refractivity contribution in [3.63, 3.8) is 0 Å². The summed E-state index contributed by atoms with van der Waals surface area (Å²) in [4.78, 5) is 11.2. The van der Waals surface area contributed by atoms with Crippen LogP contribution in [0.25, 0.3) is 0 Å². The van der Waals surface area contributed by atoms with Crippen molar-refractivity contribution in [1.82, 2.24) is 5.32 Å². The van der Waals surface area contributed by atoms with Crippen molar-refractivity contribution < 1.29 is 9.18 Å². The summed E-state index contributed by atoms with van der Waals surface area (Å²) in [6.07, 6.45) is 1.27. The smallest absolute Gasteiger partial charge is 0.220 e. The topological polar surface area (TPSA) is 29.1 Å². The van der Waals surface area contributed by atoms with Gasteiger partial charge in [-0.1, -0.05) is 26.0 Å². The number of benzene rings is 1. The molecule has 1 unspecified atom stereocenters. The molecule has 0 aromatic heterocycles. The highest BCUT2D eigenvalue weighted by atomic mass is 19.1. The Morgan fingerprint density at radius 3 is 2.40 bits per heavy atom. The summed E-state index contributed by atoms with van der Waals surface area (Å²) in [5.41, 5.74) is 0.945. The Morgan fingerprint density at radius 1 is 1.33 bits per heavy atom. The molecule has 1 atom stereocenters. The van der Waals surface area contributed by atoms with E-state index < -0.39 is 0 Å². The largest absolute Gasteiger partial charge is 0.349 e. The number of hydrogen-bond acceptors (Lipinski definition) is 1. The fourth-order valence-corrected chi connectivity index (χ4v) is 1.41. The molecule has 0 aliphatic rings. The van der Waals surface area contributed by atoms with Crippen LogP contribution in [0.4, 0.5) is 4.39 Å². The Morgan fingerprint density at radius 2 is 1.93 bits per heavy atom. The number of rotatable bonds is 4. The molecular formula is C12H16FNO. The normalized spacial score (nSPS) is 12.2. The third kappa shape index (κ3) is 3.35. The van der Waals surface area contributed by atoms with Crippen LogP contribution in [-0.2, 0) is 4.79 Å². The minimum atomic E-state index is -0.254. The highest BCUT2D eigenvalue weighted by Gasteiger charge is 2.10. The van der Waals surface area contributed by atoms with Crippen LogP contribution in [0.5, 0.6) is 0 Å². The zero-order valence-corrected chi connectivity index (χ0v) is 9.09. The number of hydrogen-bond donors (Lipinski definition) is 1. The van der Waals surface area contributed by atoms with Gasteiger partial charge in [-0.2, -0.15) is 0 Å². The van der Waals surface area contributed by atoms with Gasteiger partial charge in [0.2, 0.25) is 5.91 Å². The van der Waals surface area contributed by atoms with E-state index in [0.717, 1.165) is 12.0 Å². The summed E-state index contributed by atoms with van der Waals surface area (Å²) in [7, 11) is 0.